The van der Waals surface area contributed by atoms with Crippen LogP contribution in [0.2, 0.25) is 5.02 Å². The van der Waals surface area contributed by atoms with Crippen molar-refractivity contribution >= 4 is 29.9 Å². The lowest BCUT2D eigenvalue weighted by molar-refractivity contribution is -0.117. The molecular formula is C18H20Cl2N2O2. The van der Waals surface area contributed by atoms with Crippen molar-refractivity contribution in [3.63, 3.8) is 0 Å². The molecular weight excluding hydrogens is 347 g/mol. The first-order chi connectivity index (χ1) is 11.1. The molecule has 0 aliphatic heterocycles. The SMILES string of the molecule is Cl.NC(=O)CN[C@@H]1C[C@H]1c1ccc(OCc2cccc(Cl)c2)cc1. The lowest BCUT2D eigenvalue weighted by atomic mass is 10.1. The third-order valence-electron chi connectivity index (χ3n) is 3.93. The van der Waals surface area contributed by atoms with Gasteiger partial charge in [0.1, 0.15) is 12.4 Å². The quantitative estimate of drug-likeness (QED) is 0.790. The Bertz CT molecular complexity index is 692. The van der Waals surface area contributed by atoms with Gasteiger partial charge in [-0.3, -0.25) is 4.79 Å². The zero-order valence-corrected chi connectivity index (χ0v) is 14.6. The maximum atomic E-state index is 10.8. The molecule has 3 rings (SSSR count). The lowest BCUT2D eigenvalue weighted by Gasteiger charge is -2.08. The van der Waals surface area contributed by atoms with E-state index in [2.05, 4.69) is 17.4 Å². The number of nitrogens with one attached hydrogen (secondary N) is 1. The highest BCUT2D eigenvalue weighted by Crippen LogP contribution is 2.41. The summed E-state index contributed by atoms with van der Waals surface area (Å²) in [5.74, 6) is 0.966. The van der Waals surface area contributed by atoms with Crippen molar-refractivity contribution in [3.05, 3.63) is 64.7 Å². The summed E-state index contributed by atoms with van der Waals surface area (Å²) < 4.78 is 5.77. The minimum Gasteiger partial charge on any atom is -0.489 e. The van der Waals surface area contributed by atoms with E-state index < -0.39 is 0 Å². The van der Waals surface area contributed by atoms with Crippen molar-refractivity contribution in [2.24, 2.45) is 5.73 Å². The number of amides is 1. The van der Waals surface area contributed by atoms with Crippen LogP contribution in [0.1, 0.15) is 23.5 Å². The van der Waals surface area contributed by atoms with E-state index in [9.17, 15) is 4.79 Å². The van der Waals surface area contributed by atoms with Crippen LogP contribution < -0.4 is 15.8 Å². The number of carbonyl (C=O) groups excluding carboxylic acids is 1. The first-order valence-corrected chi connectivity index (χ1v) is 7.98. The summed E-state index contributed by atoms with van der Waals surface area (Å²) in [5, 5.41) is 3.87. The molecule has 0 radical (unpaired) electrons. The Hall–Kier alpha value is -1.75. The molecule has 0 aromatic heterocycles. The zero-order valence-electron chi connectivity index (χ0n) is 13.1. The molecule has 0 saturated heterocycles. The van der Waals surface area contributed by atoms with Crippen LogP contribution in [0.5, 0.6) is 5.75 Å². The van der Waals surface area contributed by atoms with Crippen LogP contribution in [0.3, 0.4) is 0 Å². The van der Waals surface area contributed by atoms with Gasteiger partial charge < -0.3 is 15.8 Å². The molecule has 1 saturated carbocycles. The molecule has 1 aliphatic rings. The first-order valence-electron chi connectivity index (χ1n) is 7.61. The van der Waals surface area contributed by atoms with Crippen molar-refractivity contribution in [1.82, 2.24) is 5.32 Å². The van der Waals surface area contributed by atoms with Crippen molar-refractivity contribution < 1.29 is 9.53 Å². The van der Waals surface area contributed by atoms with Crippen LogP contribution in [0.15, 0.2) is 48.5 Å². The van der Waals surface area contributed by atoms with Gasteiger partial charge >= 0.3 is 0 Å². The van der Waals surface area contributed by atoms with Crippen LogP contribution in [0.25, 0.3) is 0 Å². The summed E-state index contributed by atoms with van der Waals surface area (Å²) in [4.78, 5) is 10.8. The number of benzene rings is 2. The summed E-state index contributed by atoms with van der Waals surface area (Å²) in [7, 11) is 0. The Morgan fingerprint density at radius 1 is 1.25 bits per heavy atom. The van der Waals surface area contributed by atoms with Gasteiger partial charge in [0, 0.05) is 17.0 Å². The molecule has 2 atom stereocenters. The lowest BCUT2D eigenvalue weighted by Crippen LogP contribution is -2.30. The molecule has 1 amide bonds. The minimum atomic E-state index is -0.319. The molecule has 1 aliphatic carbocycles. The maximum Gasteiger partial charge on any atom is 0.231 e. The molecule has 0 bridgehead atoms. The van der Waals surface area contributed by atoms with Gasteiger partial charge in [-0.1, -0.05) is 35.9 Å². The van der Waals surface area contributed by atoms with Crippen molar-refractivity contribution in [1.29, 1.82) is 0 Å². The van der Waals surface area contributed by atoms with Crippen molar-refractivity contribution in [3.8, 4) is 5.75 Å². The van der Waals surface area contributed by atoms with E-state index in [-0.39, 0.29) is 24.9 Å². The molecule has 2 aromatic carbocycles. The monoisotopic (exact) mass is 366 g/mol. The van der Waals surface area contributed by atoms with Gasteiger partial charge in [0.25, 0.3) is 0 Å². The molecule has 4 nitrogen and oxygen atoms in total. The zero-order chi connectivity index (χ0) is 16.2. The molecule has 1 fully saturated rings. The predicted octanol–water partition coefficient (Wildman–Crippen LogP) is 3.27. The maximum absolute atomic E-state index is 10.8. The summed E-state index contributed by atoms with van der Waals surface area (Å²) in [5.41, 5.74) is 7.43. The second-order valence-corrected chi connectivity index (χ2v) is 6.22. The highest BCUT2D eigenvalue weighted by molar-refractivity contribution is 6.30. The van der Waals surface area contributed by atoms with E-state index in [1.54, 1.807) is 0 Å². The Balaban J connectivity index is 0.00000208. The van der Waals surface area contributed by atoms with Crippen LogP contribution in [0, 0.1) is 0 Å². The number of hydrogen-bond donors (Lipinski definition) is 2. The normalized spacial score (nSPS) is 18.5. The first kappa shape index (κ1) is 18.6. The van der Waals surface area contributed by atoms with Gasteiger partial charge in [0.2, 0.25) is 5.91 Å². The molecule has 24 heavy (non-hydrogen) atoms. The van der Waals surface area contributed by atoms with Gasteiger partial charge in [0.05, 0.1) is 6.54 Å². The van der Waals surface area contributed by atoms with E-state index in [4.69, 9.17) is 22.1 Å². The van der Waals surface area contributed by atoms with Crippen LogP contribution in [-0.4, -0.2) is 18.5 Å². The number of nitrogens with two attached hydrogens (primary N) is 1. The molecule has 0 spiro atoms. The largest absolute Gasteiger partial charge is 0.489 e. The Kier molecular flexibility index (Phi) is 6.49. The summed E-state index contributed by atoms with van der Waals surface area (Å²) in [6.45, 7) is 0.730. The predicted molar refractivity (Wildman–Crippen MR) is 97.8 cm³/mol. The Morgan fingerprint density at radius 2 is 2.00 bits per heavy atom. The summed E-state index contributed by atoms with van der Waals surface area (Å²) >= 11 is 5.96. The van der Waals surface area contributed by atoms with E-state index >= 15 is 0 Å². The van der Waals surface area contributed by atoms with E-state index in [0.29, 0.717) is 23.6 Å². The molecule has 0 heterocycles. The fourth-order valence-electron chi connectivity index (χ4n) is 2.63. The van der Waals surface area contributed by atoms with Gasteiger partial charge in [-0.25, -0.2) is 0 Å². The number of primary amides is 1. The molecule has 0 unspecified atom stereocenters. The van der Waals surface area contributed by atoms with Gasteiger partial charge in [0.15, 0.2) is 0 Å². The molecule has 2 aromatic rings. The van der Waals surface area contributed by atoms with Gasteiger partial charge in [-0.15, -0.1) is 12.4 Å². The van der Waals surface area contributed by atoms with Crippen LogP contribution in [-0.2, 0) is 11.4 Å². The second kappa shape index (κ2) is 8.38. The van der Waals surface area contributed by atoms with Crippen LogP contribution in [0.4, 0.5) is 0 Å². The van der Waals surface area contributed by atoms with E-state index in [1.165, 1.54) is 5.56 Å². The fourth-order valence-corrected chi connectivity index (χ4v) is 2.84. The van der Waals surface area contributed by atoms with E-state index in [1.807, 2.05) is 36.4 Å². The third kappa shape index (κ3) is 5.13. The smallest absolute Gasteiger partial charge is 0.231 e. The van der Waals surface area contributed by atoms with Gasteiger partial charge in [-0.05, 0) is 41.8 Å². The number of rotatable bonds is 7. The number of carbonyl (C=O) groups is 1. The highest BCUT2D eigenvalue weighted by atomic mass is 35.5. The summed E-state index contributed by atoms with van der Waals surface area (Å²) in [6, 6.07) is 16.1. The Morgan fingerprint density at radius 3 is 2.67 bits per heavy atom. The highest BCUT2D eigenvalue weighted by Gasteiger charge is 2.37. The molecule has 6 heteroatoms. The summed E-state index contributed by atoms with van der Waals surface area (Å²) in [6.07, 6.45) is 1.04. The average molecular weight is 367 g/mol. The third-order valence-corrected chi connectivity index (χ3v) is 4.17. The average Bonchev–Trinajstić information content (AvgIpc) is 3.31. The van der Waals surface area contributed by atoms with Crippen molar-refractivity contribution in [2.75, 3.05) is 6.54 Å². The second-order valence-electron chi connectivity index (χ2n) is 5.78. The van der Waals surface area contributed by atoms with Gasteiger partial charge in [-0.2, -0.15) is 0 Å². The Labute approximate surface area is 152 Å². The van der Waals surface area contributed by atoms with E-state index in [0.717, 1.165) is 17.7 Å². The molecule has 128 valence electrons. The number of ether oxygens (including phenoxy) is 1. The minimum absolute atomic E-state index is 0. The fraction of sp³-hybridized carbons (Fsp3) is 0.278. The number of halogens is 2. The topological polar surface area (TPSA) is 64.4 Å². The molecule has 3 N–H and O–H groups in total. The van der Waals surface area contributed by atoms with Crippen molar-refractivity contribution in [2.45, 2.75) is 25.0 Å². The van der Waals surface area contributed by atoms with Crippen LogP contribution >= 0.6 is 24.0 Å². The number of hydrogen-bond acceptors (Lipinski definition) is 3. The standard InChI is InChI=1S/C18H19ClN2O2.ClH/c19-14-3-1-2-12(8-14)11-23-15-6-4-13(5-7-15)16-9-17(16)21-10-18(20)22;/h1-8,16-17,21H,9-11H2,(H2,20,22);1H/t16-,17+;/m0./s1.